The van der Waals surface area contributed by atoms with E-state index in [0.29, 0.717) is 22.0 Å². The molecule has 3 heterocycles. The first-order chi connectivity index (χ1) is 10.0. The highest BCUT2D eigenvalue weighted by atomic mass is 35.5. The monoisotopic (exact) mass is 323 g/mol. The molecule has 0 unspecified atom stereocenters. The highest BCUT2D eigenvalue weighted by Gasteiger charge is 2.25. The maximum absolute atomic E-state index is 12.2. The average Bonchev–Trinajstić information content (AvgIpc) is 2.45. The molecule has 1 aliphatic rings. The van der Waals surface area contributed by atoms with E-state index in [-0.39, 0.29) is 5.56 Å². The first-order valence-corrected chi connectivity index (χ1v) is 8.51. The number of halogens is 1. The van der Waals surface area contributed by atoms with Gasteiger partial charge in [0.25, 0.3) is 5.56 Å². The summed E-state index contributed by atoms with van der Waals surface area (Å²) in [7, 11) is 0. The molecule has 6 heteroatoms. The van der Waals surface area contributed by atoms with E-state index in [1.165, 1.54) is 4.40 Å². The number of aromatic nitrogens is 2. The third-order valence-corrected chi connectivity index (χ3v) is 5.62. The van der Waals surface area contributed by atoms with Crippen LogP contribution in [0.3, 0.4) is 0 Å². The Hall–Kier alpha value is -1.04. The minimum Gasteiger partial charge on any atom is -0.293 e. The lowest BCUT2D eigenvalue weighted by atomic mass is 10.2. The van der Waals surface area contributed by atoms with E-state index in [2.05, 4.69) is 23.7 Å². The second kappa shape index (κ2) is 5.99. The van der Waals surface area contributed by atoms with Gasteiger partial charge in [-0.2, -0.15) is 11.8 Å². The van der Waals surface area contributed by atoms with E-state index in [1.807, 2.05) is 11.8 Å². The molecule has 2 aromatic heterocycles. The second-order valence-electron chi connectivity index (χ2n) is 5.45. The van der Waals surface area contributed by atoms with Gasteiger partial charge in [-0.25, -0.2) is 4.98 Å². The highest BCUT2D eigenvalue weighted by Crippen LogP contribution is 2.25. The van der Waals surface area contributed by atoms with Crippen LogP contribution >= 0.6 is 23.4 Å². The van der Waals surface area contributed by atoms with Crippen molar-refractivity contribution >= 4 is 29.0 Å². The Labute approximate surface area is 133 Å². The number of rotatable bonds is 2. The summed E-state index contributed by atoms with van der Waals surface area (Å²) >= 11 is 7.93. The van der Waals surface area contributed by atoms with Crippen LogP contribution in [0.1, 0.15) is 19.5 Å². The van der Waals surface area contributed by atoms with Crippen LogP contribution in [-0.4, -0.2) is 37.9 Å². The summed E-state index contributed by atoms with van der Waals surface area (Å²) in [5.74, 6) is 1.13. The smallest absolute Gasteiger partial charge is 0.258 e. The van der Waals surface area contributed by atoms with Gasteiger partial charge in [-0.3, -0.25) is 14.1 Å². The number of hydrogen-bond donors (Lipinski definition) is 0. The van der Waals surface area contributed by atoms with E-state index in [1.54, 1.807) is 24.4 Å². The van der Waals surface area contributed by atoms with Crippen molar-refractivity contribution in [1.29, 1.82) is 0 Å². The van der Waals surface area contributed by atoms with Crippen molar-refractivity contribution in [2.45, 2.75) is 31.7 Å². The van der Waals surface area contributed by atoms with Gasteiger partial charge in [0.05, 0.1) is 10.7 Å². The van der Waals surface area contributed by atoms with Crippen LogP contribution in [0.2, 0.25) is 5.02 Å². The molecule has 0 bridgehead atoms. The van der Waals surface area contributed by atoms with E-state index in [0.717, 1.165) is 24.5 Å². The van der Waals surface area contributed by atoms with Gasteiger partial charge in [-0.05, 0) is 19.1 Å². The van der Waals surface area contributed by atoms with Crippen molar-refractivity contribution in [3.8, 4) is 0 Å². The van der Waals surface area contributed by atoms with Gasteiger partial charge in [0, 0.05) is 42.4 Å². The third kappa shape index (κ3) is 3.10. The number of thioether (sulfide) groups is 1. The Morgan fingerprint density at radius 1 is 1.43 bits per heavy atom. The normalized spacial score (nSPS) is 23.6. The summed E-state index contributed by atoms with van der Waals surface area (Å²) in [6, 6.07) is 5.65. The molecule has 21 heavy (non-hydrogen) atoms. The fraction of sp³-hybridized carbons (Fsp3) is 0.467. The Morgan fingerprint density at radius 3 is 3.05 bits per heavy atom. The summed E-state index contributed by atoms with van der Waals surface area (Å²) in [5.41, 5.74) is 1.40. The zero-order chi connectivity index (χ0) is 15.0. The summed E-state index contributed by atoms with van der Waals surface area (Å²) in [4.78, 5) is 19.2. The number of fused-ring (bicyclic) bond motifs is 1. The van der Waals surface area contributed by atoms with Crippen molar-refractivity contribution in [2.75, 3.05) is 12.3 Å². The number of pyridine rings is 1. The minimum absolute atomic E-state index is 0.0791. The van der Waals surface area contributed by atoms with Crippen LogP contribution < -0.4 is 5.56 Å². The molecule has 0 amide bonds. The fourth-order valence-corrected chi connectivity index (χ4v) is 3.96. The standard InChI is InChI=1S/C15H18ClN3OS/c1-10-11(2)21-6-5-18(10)9-13-7-15(20)19-8-12(16)3-4-14(19)17-13/h3-4,7-8,10-11H,5-6,9H2,1-2H3/t10-,11+/m0/s1. The van der Waals surface area contributed by atoms with Crippen LogP contribution in [0.25, 0.3) is 5.65 Å². The molecule has 0 N–H and O–H groups in total. The predicted octanol–water partition coefficient (Wildman–Crippen LogP) is 2.67. The summed E-state index contributed by atoms with van der Waals surface area (Å²) in [6.45, 7) is 6.26. The van der Waals surface area contributed by atoms with E-state index in [9.17, 15) is 4.79 Å². The third-order valence-electron chi connectivity index (χ3n) is 4.06. The first-order valence-electron chi connectivity index (χ1n) is 7.08. The lowest BCUT2D eigenvalue weighted by molar-refractivity contribution is 0.202. The van der Waals surface area contributed by atoms with Crippen molar-refractivity contribution in [3.63, 3.8) is 0 Å². The first kappa shape index (κ1) is 14.9. The lowest BCUT2D eigenvalue weighted by Crippen LogP contribution is -2.44. The van der Waals surface area contributed by atoms with Gasteiger partial charge < -0.3 is 0 Å². The predicted molar refractivity (Wildman–Crippen MR) is 88.3 cm³/mol. The summed E-state index contributed by atoms with van der Waals surface area (Å²) in [6.07, 6.45) is 1.61. The molecule has 1 saturated heterocycles. The van der Waals surface area contributed by atoms with Gasteiger partial charge in [0.1, 0.15) is 5.65 Å². The molecule has 0 aliphatic carbocycles. The van der Waals surface area contributed by atoms with E-state index < -0.39 is 0 Å². The minimum atomic E-state index is -0.0791. The second-order valence-corrected chi connectivity index (χ2v) is 7.37. The molecule has 4 nitrogen and oxygen atoms in total. The zero-order valence-corrected chi connectivity index (χ0v) is 13.7. The Kier molecular flexibility index (Phi) is 4.24. The SMILES string of the molecule is C[C@H]1SCCN(Cc2cc(=O)n3cc(Cl)ccc3n2)[C@H]1C. The topological polar surface area (TPSA) is 37.6 Å². The largest absolute Gasteiger partial charge is 0.293 e. The van der Waals surface area contributed by atoms with E-state index in [4.69, 9.17) is 11.6 Å². The molecule has 0 spiro atoms. The molecule has 0 aromatic carbocycles. The molecule has 0 saturated carbocycles. The quantitative estimate of drug-likeness (QED) is 0.851. The molecule has 112 valence electrons. The molecule has 1 aliphatic heterocycles. The Balaban J connectivity index is 1.91. The number of hydrogen-bond acceptors (Lipinski definition) is 4. The van der Waals surface area contributed by atoms with Crippen LogP contribution in [0, 0.1) is 0 Å². The van der Waals surface area contributed by atoms with Crippen molar-refractivity contribution in [3.05, 3.63) is 45.5 Å². The van der Waals surface area contributed by atoms with Crippen molar-refractivity contribution in [2.24, 2.45) is 0 Å². The van der Waals surface area contributed by atoms with Gasteiger partial charge in [-0.15, -0.1) is 0 Å². The van der Waals surface area contributed by atoms with Crippen LogP contribution in [0.5, 0.6) is 0 Å². The van der Waals surface area contributed by atoms with Crippen LogP contribution in [-0.2, 0) is 6.54 Å². The molecule has 2 aromatic rings. The molecular formula is C15H18ClN3OS. The Morgan fingerprint density at radius 2 is 2.24 bits per heavy atom. The summed E-state index contributed by atoms with van der Waals surface area (Å²) in [5, 5.41) is 1.15. The average molecular weight is 324 g/mol. The number of nitrogens with zero attached hydrogens (tertiary/aromatic N) is 3. The van der Waals surface area contributed by atoms with Gasteiger partial charge >= 0.3 is 0 Å². The molecule has 0 radical (unpaired) electrons. The van der Waals surface area contributed by atoms with Gasteiger partial charge in [0.15, 0.2) is 0 Å². The van der Waals surface area contributed by atoms with Crippen LogP contribution in [0.15, 0.2) is 29.2 Å². The molecule has 1 fully saturated rings. The maximum atomic E-state index is 12.2. The zero-order valence-electron chi connectivity index (χ0n) is 12.1. The molecular weight excluding hydrogens is 306 g/mol. The summed E-state index contributed by atoms with van der Waals surface area (Å²) < 4.78 is 1.49. The van der Waals surface area contributed by atoms with Gasteiger partial charge in [-0.1, -0.05) is 18.5 Å². The fourth-order valence-electron chi connectivity index (χ4n) is 2.63. The lowest BCUT2D eigenvalue weighted by Gasteiger charge is -2.37. The van der Waals surface area contributed by atoms with Gasteiger partial charge in [0.2, 0.25) is 0 Å². The van der Waals surface area contributed by atoms with Crippen molar-refractivity contribution in [1.82, 2.24) is 14.3 Å². The highest BCUT2D eigenvalue weighted by molar-refractivity contribution is 8.00. The van der Waals surface area contributed by atoms with Crippen LogP contribution in [0.4, 0.5) is 0 Å². The molecule has 3 rings (SSSR count). The maximum Gasteiger partial charge on any atom is 0.258 e. The van der Waals surface area contributed by atoms with Crippen molar-refractivity contribution < 1.29 is 0 Å². The van der Waals surface area contributed by atoms with E-state index >= 15 is 0 Å². The Bertz CT molecular complexity index is 718. The molecule has 2 atom stereocenters.